The summed E-state index contributed by atoms with van der Waals surface area (Å²) in [4.78, 5) is 38.7. The summed E-state index contributed by atoms with van der Waals surface area (Å²) in [6, 6.07) is 3.21. The number of aromatic nitrogens is 3. The molecule has 0 aromatic carbocycles. The van der Waals surface area contributed by atoms with Gasteiger partial charge in [-0.1, -0.05) is 11.8 Å². The number of hydrogen-bond donors (Lipinski definition) is 2. The van der Waals surface area contributed by atoms with Gasteiger partial charge in [0, 0.05) is 11.9 Å². The van der Waals surface area contributed by atoms with Crippen molar-refractivity contribution < 1.29 is 23.5 Å². The molecule has 12 heteroatoms. The van der Waals surface area contributed by atoms with Gasteiger partial charge in [-0.3, -0.25) is 9.59 Å². The Hall–Kier alpha value is -3.12. The summed E-state index contributed by atoms with van der Waals surface area (Å²) in [5.41, 5.74) is 1.48. The fourth-order valence-electron chi connectivity index (χ4n) is 3.59. The Labute approximate surface area is 204 Å². The molecule has 1 aliphatic rings. The first-order valence-electron chi connectivity index (χ1n) is 10.9. The van der Waals surface area contributed by atoms with Crippen molar-refractivity contribution in [3.63, 3.8) is 0 Å². The third-order valence-electron chi connectivity index (χ3n) is 5.37. The number of carbonyl (C=O) groups excluding carboxylic acids is 3. The number of nitrogens with one attached hydrogen (secondary N) is 2. The monoisotopic (exact) mass is 503 g/mol. The van der Waals surface area contributed by atoms with Gasteiger partial charge >= 0.3 is 5.97 Å². The second-order valence-electron chi connectivity index (χ2n) is 7.65. The molecule has 3 heterocycles. The molecule has 2 N–H and O–H groups in total. The fourth-order valence-corrected chi connectivity index (χ4v) is 5.71. The first-order valence-corrected chi connectivity index (χ1v) is 12.6. The van der Waals surface area contributed by atoms with Crippen LogP contribution in [0.4, 0.5) is 5.00 Å². The molecule has 3 aromatic heterocycles. The van der Waals surface area contributed by atoms with Crippen molar-refractivity contribution in [2.45, 2.75) is 50.1 Å². The molecule has 10 nitrogen and oxygen atoms in total. The Morgan fingerprint density at radius 1 is 1.32 bits per heavy atom. The molecular weight excluding hydrogens is 478 g/mol. The van der Waals surface area contributed by atoms with E-state index in [4.69, 9.17) is 9.15 Å². The van der Waals surface area contributed by atoms with Crippen LogP contribution in [0.25, 0.3) is 0 Å². The topological polar surface area (TPSA) is 128 Å². The molecular formula is C22H25N5O5S2. The number of anilines is 1. The minimum Gasteiger partial charge on any atom is -0.462 e. The van der Waals surface area contributed by atoms with Gasteiger partial charge in [0.2, 0.25) is 5.91 Å². The minimum absolute atomic E-state index is 0.161. The Morgan fingerprint density at radius 3 is 2.88 bits per heavy atom. The average molecular weight is 504 g/mol. The Kier molecular flexibility index (Phi) is 7.37. The van der Waals surface area contributed by atoms with Gasteiger partial charge in [0.25, 0.3) is 5.91 Å². The number of fused-ring (bicyclic) bond motifs is 1. The van der Waals surface area contributed by atoms with Crippen LogP contribution in [0.15, 0.2) is 28.0 Å². The number of esters is 1. The number of hydrogen-bond acceptors (Lipinski definition) is 9. The van der Waals surface area contributed by atoms with Crippen molar-refractivity contribution in [3.8, 4) is 0 Å². The number of amides is 2. The molecule has 34 heavy (non-hydrogen) atoms. The molecule has 4 rings (SSSR count). The highest BCUT2D eigenvalue weighted by Crippen LogP contribution is 2.40. The van der Waals surface area contributed by atoms with Crippen LogP contribution in [0.5, 0.6) is 0 Å². The quantitative estimate of drug-likeness (QED) is 0.337. The summed E-state index contributed by atoms with van der Waals surface area (Å²) >= 11 is 2.69. The van der Waals surface area contributed by atoms with Crippen molar-refractivity contribution in [1.29, 1.82) is 0 Å². The van der Waals surface area contributed by atoms with Crippen molar-refractivity contribution in [2.75, 3.05) is 11.9 Å². The van der Waals surface area contributed by atoms with Gasteiger partial charge in [0.15, 0.2) is 16.7 Å². The van der Waals surface area contributed by atoms with Crippen LogP contribution in [-0.4, -0.2) is 44.4 Å². The predicted octanol–water partition coefficient (Wildman–Crippen LogP) is 3.18. The zero-order chi connectivity index (χ0) is 24.2. The fraction of sp³-hybridized carbons (Fsp3) is 0.409. The number of thioether (sulfide) groups is 1. The molecule has 0 spiro atoms. The summed E-state index contributed by atoms with van der Waals surface area (Å²) < 4.78 is 12.0. The van der Waals surface area contributed by atoms with Crippen LogP contribution in [0.1, 0.15) is 57.4 Å². The molecule has 1 aliphatic carbocycles. The third-order valence-corrected chi connectivity index (χ3v) is 7.71. The first kappa shape index (κ1) is 24.0. The largest absolute Gasteiger partial charge is 0.462 e. The van der Waals surface area contributed by atoms with Gasteiger partial charge in [0.1, 0.15) is 5.00 Å². The molecule has 0 aliphatic heterocycles. The minimum atomic E-state index is -0.500. The molecule has 0 saturated carbocycles. The molecule has 0 saturated heterocycles. The number of furan rings is 1. The van der Waals surface area contributed by atoms with Crippen LogP contribution in [0.2, 0.25) is 0 Å². The summed E-state index contributed by atoms with van der Waals surface area (Å²) in [6.07, 6.45) is 4.16. The number of carbonyl (C=O) groups is 3. The highest BCUT2D eigenvalue weighted by Gasteiger charge is 2.29. The Balaban J connectivity index is 1.39. The molecule has 0 bridgehead atoms. The standard InChI is InChI=1S/C22H25N5O5S2/c1-4-31-21(30)17-13-7-5-9-15(13)34-20(17)24-18(28)12(2)33-22-26-25-16(27(22)3)11-23-19(29)14-8-6-10-32-14/h6,8,10,12H,4-5,7,9,11H2,1-3H3,(H,23,29)(H,24,28). The Morgan fingerprint density at radius 2 is 2.15 bits per heavy atom. The highest BCUT2D eigenvalue weighted by molar-refractivity contribution is 8.00. The van der Waals surface area contributed by atoms with E-state index in [1.165, 1.54) is 29.4 Å². The van der Waals surface area contributed by atoms with Crippen LogP contribution in [0, 0.1) is 0 Å². The van der Waals surface area contributed by atoms with Gasteiger partial charge < -0.3 is 24.4 Å². The van der Waals surface area contributed by atoms with Gasteiger partial charge in [-0.2, -0.15) is 0 Å². The van der Waals surface area contributed by atoms with Crippen LogP contribution < -0.4 is 10.6 Å². The molecule has 3 aromatic rings. The van der Waals surface area contributed by atoms with E-state index in [-0.39, 0.29) is 30.7 Å². The molecule has 1 unspecified atom stereocenters. The van der Waals surface area contributed by atoms with Crippen molar-refractivity contribution in [1.82, 2.24) is 20.1 Å². The average Bonchev–Trinajstić information content (AvgIpc) is 3.59. The third kappa shape index (κ3) is 5.02. The number of ether oxygens (including phenoxy) is 1. The number of nitrogens with zero attached hydrogens (tertiary/aromatic N) is 3. The summed E-state index contributed by atoms with van der Waals surface area (Å²) in [5.74, 6) is -0.244. The SMILES string of the molecule is CCOC(=O)c1c(NC(=O)C(C)Sc2nnc(CNC(=O)c3ccco3)n2C)sc2c1CCC2. The maximum atomic E-state index is 12.9. The van der Waals surface area contributed by atoms with Crippen LogP contribution in [0.3, 0.4) is 0 Å². The van der Waals surface area contributed by atoms with E-state index in [2.05, 4.69) is 20.8 Å². The Bertz CT molecular complexity index is 1200. The maximum Gasteiger partial charge on any atom is 0.341 e. The van der Waals surface area contributed by atoms with Crippen molar-refractivity contribution in [3.05, 3.63) is 46.0 Å². The van der Waals surface area contributed by atoms with Crippen LogP contribution in [-0.2, 0) is 36.0 Å². The van der Waals surface area contributed by atoms with Gasteiger partial charge in [-0.15, -0.1) is 21.5 Å². The molecule has 180 valence electrons. The molecule has 2 amide bonds. The first-order chi connectivity index (χ1) is 16.4. The second kappa shape index (κ2) is 10.4. The maximum absolute atomic E-state index is 12.9. The van der Waals surface area contributed by atoms with E-state index in [9.17, 15) is 14.4 Å². The molecule has 0 fully saturated rings. The summed E-state index contributed by atoms with van der Waals surface area (Å²) in [5, 5.41) is 14.5. The van der Waals surface area contributed by atoms with E-state index in [1.54, 1.807) is 37.6 Å². The lowest BCUT2D eigenvalue weighted by Crippen LogP contribution is -2.24. The zero-order valence-corrected chi connectivity index (χ0v) is 20.7. The second-order valence-corrected chi connectivity index (χ2v) is 10.1. The van der Waals surface area contributed by atoms with Gasteiger partial charge in [-0.25, -0.2) is 4.79 Å². The van der Waals surface area contributed by atoms with Gasteiger partial charge in [-0.05, 0) is 50.8 Å². The smallest absolute Gasteiger partial charge is 0.341 e. The lowest BCUT2D eigenvalue weighted by Gasteiger charge is -2.12. The number of rotatable bonds is 9. The molecule has 0 radical (unpaired) electrons. The van der Waals surface area contributed by atoms with E-state index >= 15 is 0 Å². The highest BCUT2D eigenvalue weighted by atomic mass is 32.2. The number of thiophene rings is 1. The van der Waals surface area contributed by atoms with Crippen molar-refractivity contribution >= 4 is 45.9 Å². The van der Waals surface area contributed by atoms with E-state index in [1.807, 2.05) is 0 Å². The van der Waals surface area contributed by atoms with E-state index in [0.717, 1.165) is 29.7 Å². The zero-order valence-electron chi connectivity index (χ0n) is 19.0. The summed E-state index contributed by atoms with van der Waals surface area (Å²) in [6.45, 7) is 3.96. The lowest BCUT2D eigenvalue weighted by molar-refractivity contribution is -0.115. The molecule has 1 atom stereocenters. The normalized spacial score (nSPS) is 13.4. The van der Waals surface area contributed by atoms with Crippen LogP contribution >= 0.6 is 23.1 Å². The van der Waals surface area contributed by atoms with Crippen molar-refractivity contribution in [2.24, 2.45) is 7.05 Å². The number of aryl methyl sites for hydroxylation is 1. The van der Waals surface area contributed by atoms with E-state index in [0.29, 0.717) is 21.5 Å². The van der Waals surface area contributed by atoms with Gasteiger partial charge in [0.05, 0.1) is 30.2 Å². The summed E-state index contributed by atoms with van der Waals surface area (Å²) in [7, 11) is 1.77. The van der Waals surface area contributed by atoms with E-state index < -0.39 is 11.2 Å². The lowest BCUT2D eigenvalue weighted by atomic mass is 10.1. The predicted molar refractivity (Wildman–Crippen MR) is 127 cm³/mol.